The van der Waals surface area contributed by atoms with Crippen molar-refractivity contribution in [1.82, 2.24) is 9.88 Å². The minimum atomic E-state index is 0.190. The molecule has 126 valence electrons. The second-order valence-corrected chi connectivity index (χ2v) is 6.10. The molecule has 0 saturated carbocycles. The van der Waals surface area contributed by atoms with E-state index >= 15 is 0 Å². The summed E-state index contributed by atoms with van der Waals surface area (Å²) in [5.41, 5.74) is 3.02. The van der Waals surface area contributed by atoms with Crippen LogP contribution < -0.4 is 0 Å². The predicted molar refractivity (Wildman–Crippen MR) is 95.8 cm³/mol. The Labute approximate surface area is 142 Å². The number of benzene rings is 2. The molecule has 2 aromatic carbocycles. The van der Waals surface area contributed by atoms with Gasteiger partial charge in [-0.3, -0.25) is 4.90 Å². The number of nitrogens with zero attached hydrogens (tertiary/aromatic N) is 2. The van der Waals surface area contributed by atoms with E-state index in [0.717, 1.165) is 42.8 Å². The molecule has 0 fully saturated rings. The van der Waals surface area contributed by atoms with Gasteiger partial charge in [0.05, 0.1) is 0 Å². The normalized spacial score (nSPS) is 12.8. The van der Waals surface area contributed by atoms with Gasteiger partial charge < -0.3 is 9.52 Å². The first-order valence-electron chi connectivity index (χ1n) is 8.48. The number of aryl methyl sites for hydroxylation is 1. The maximum absolute atomic E-state index is 9.38. The molecule has 24 heavy (non-hydrogen) atoms. The molecule has 0 aliphatic rings. The Morgan fingerprint density at radius 1 is 1.08 bits per heavy atom. The first-order valence-corrected chi connectivity index (χ1v) is 8.48. The maximum atomic E-state index is 9.38. The molecule has 0 bridgehead atoms. The first kappa shape index (κ1) is 16.7. The molecule has 3 rings (SSSR count). The van der Waals surface area contributed by atoms with E-state index in [1.54, 1.807) is 0 Å². The lowest BCUT2D eigenvalue weighted by molar-refractivity contribution is 0.183. The van der Waals surface area contributed by atoms with E-state index in [1.807, 2.05) is 42.5 Å². The van der Waals surface area contributed by atoms with E-state index in [1.165, 1.54) is 5.56 Å². The predicted octanol–water partition coefficient (Wildman–Crippen LogP) is 3.82. The van der Waals surface area contributed by atoms with Gasteiger partial charge in [0.1, 0.15) is 5.52 Å². The molecule has 1 unspecified atom stereocenters. The van der Waals surface area contributed by atoms with Gasteiger partial charge in [-0.1, -0.05) is 42.5 Å². The molecule has 1 aromatic heterocycles. The summed E-state index contributed by atoms with van der Waals surface area (Å²) in [6, 6.07) is 18.5. The molecule has 3 aromatic rings. The van der Waals surface area contributed by atoms with Crippen molar-refractivity contribution in [2.45, 2.75) is 25.3 Å². The zero-order valence-electron chi connectivity index (χ0n) is 14.1. The number of hydrogen-bond donors (Lipinski definition) is 1. The van der Waals surface area contributed by atoms with Crippen molar-refractivity contribution in [2.24, 2.45) is 0 Å². The Kier molecular flexibility index (Phi) is 5.62. The molecule has 1 N–H and O–H groups in total. The number of hydrogen-bond acceptors (Lipinski definition) is 4. The number of para-hydroxylation sites is 2. The second kappa shape index (κ2) is 8.08. The molecule has 0 radical (unpaired) electrons. The monoisotopic (exact) mass is 324 g/mol. The van der Waals surface area contributed by atoms with E-state index in [4.69, 9.17) is 4.42 Å². The first-order chi connectivity index (χ1) is 11.8. The Balaban J connectivity index is 1.58. The third kappa shape index (κ3) is 4.02. The summed E-state index contributed by atoms with van der Waals surface area (Å²) in [5, 5.41) is 9.38. The molecule has 0 aliphatic carbocycles. The van der Waals surface area contributed by atoms with Gasteiger partial charge in [0.15, 0.2) is 11.5 Å². The smallest absolute Gasteiger partial charge is 0.195 e. The lowest BCUT2D eigenvalue weighted by Gasteiger charge is -2.28. The van der Waals surface area contributed by atoms with Crippen LogP contribution in [0.15, 0.2) is 59.0 Å². The third-order valence-electron chi connectivity index (χ3n) is 4.36. The summed E-state index contributed by atoms with van der Waals surface area (Å²) >= 11 is 0. The van der Waals surface area contributed by atoms with Crippen LogP contribution >= 0.6 is 0 Å². The van der Waals surface area contributed by atoms with Crippen LogP contribution in [-0.2, 0) is 6.42 Å². The van der Waals surface area contributed by atoms with Crippen molar-refractivity contribution in [3.63, 3.8) is 0 Å². The van der Waals surface area contributed by atoms with E-state index in [2.05, 4.69) is 29.1 Å². The van der Waals surface area contributed by atoms with Gasteiger partial charge in [-0.2, -0.15) is 0 Å². The number of aliphatic hydroxyl groups is 1. The number of oxazole rings is 1. The highest BCUT2D eigenvalue weighted by Crippen LogP contribution is 2.23. The van der Waals surface area contributed by atoms with Crippen LogP contribution in [0.4, 0.5) is 0 Å². The van der Waals surface area contributed by atoms with Crippen LogP contribution in [-0.4, -0.2) is 35.2 Å². The summed E-state index contributed by atoms with van der Waals surface area (Å²) < 4.78 is 5.77. The highest BCUT2D eigenvalue weighted by molar-refractivity contribution is 5.72. The number of rotatable bonds is 8. The summed E-state index contributed by atoms with van der Waals surface area (Å²) in [6.45, 7) is 1.12. The van der Waals surface area contributed by atoms with Gasteiger partial charge in [-0.05, 0) is 44.1 Å². The van der Waals surface area contributed by atoms with Crippen LogP contribution in [0.3, 0.4) is 0 Å². The summed E-state index contributed by atoms with van der Waals surface area (Å²) in [4.78, 5) is 6.82. The van der Waals surface area contributed by atoms with Gasteiger partial charge in [0.25, 0.3) is 0 Å². The quantitative estimate of drug-likeness (QED) is 0.684. The van der Waals surface area contributed by atoms with Crippen LogP contribution in [0, 0.1) is 0 Å². The average Bonchev–Trinajstić information content (AvgIpc) is 3.03. The van der Waals surface area contributed by atoms with Gasteiger partial charge in [0, 0.05) is 19.1 Å². The van der Waals surface area contributed by atoms with E-state index in [9.17, 15) is 5.11 Å². The van der Waals surface area contributed by atoms with Crippen molar-refractivity contribution in [2.75, 3.05) is 20.2 Å². The zero-order valence-corrected chi connectivity index (χ0v) is 14.1. The standard InChI is InChI=1S/C20H24N2O2/c1-22(18(13-15-23)16-8-3-2-4-9-16)14-7-12-20-21-17-10-5-6-11-19(17)24-20/h2-6,8-11,18,23H,7,12-15H2,1H3. The lowest BCUT2D eigenvalue weighted by atomic mass is 10.0. The van der Waals surface area contributed by atoms with Crippen molar-refractivity contribution in [3.05, 3.63) is 66.1 Å². The number of fused-ring (bicyclic) bond motifs is 1. The molecular formula is C20H24N2O2. The van der Waals surface area contributed by atoms with Crippen molar-refractivity contribution < 1.29 is 9.52 Å². The van der Waals surface area contributed by atoms with E-state index < -0.39 is 0 Å². The summed E-state index contributed by atoms with van der Waals surface area (Å²) in [6.07, 6.45) is 2.53. The van der Waals surface area contributed by atoms with E-state index in [0.29, 0.717) is 0 Å². The van der Waals surface area contributed by atoms with Crippen molar-refractivity contribution >= 4 is 11.1 Å². The Hall–Kier alpha value is -2.17. The number of aliphatic hydroxyl groups excluding tert-OH is 1. The maximum Gasteiger partial charge on any atom is 0.195 e. The molecule has 0 aliphatic heterocycles. The fourth-order valence-electron chi connectivity index (χ4n) is 3.10. The van der Waals surface area contributed by atoms with E-state index in [-0.39, 0.29) is 12.6 Å². The Morgan fingerprint density at radius 3 is 2.58 bits per heavy atom. The minimum absolute atomic E-state index is 0.190. The molecule has 0 amide bonds. The minimum Gasteiger partial charge on any atom is -0.441 e. The molecule has 4 heteroatoms. The number of aromatic nitrogens is 1. The highest BCUT2D eigenvalue weighted by Gasteiger charge is 2.16. The van der Waals surface area contributed by atoms with Gasteiger partial charge in [0.2, 0.25) is 0 Å². The second-order valence-electron chi connectivity index (χ2n) is 6.10. The highest BCUT2D eigenvalue weighted by atomic mass is 16.3. The van der Waals surface area contributed by atoms with Gasteiger partial charge in [-0.15, -0.1) is 0 Å². The van der Waals surface area contributed by atoms with Gasteiger partial charge in [-0.25, -0.2) is 4.98 Å². The van der Waals surface area contributed by atoms with Crippen LogP contribution in [0.25, 0.3) is 11.1 Å². The Bertz CT molecular complexity index is 721. The van der Waals surface area contributed by atoms with Crippen molar-refractivity contribution in [1.29, 1.82) is 0 Å². The zero-order chi connectivity index (χ0) is 16.8. The molecule has 0 spiro atoms. The summed E-state index contributed by atoms with van der Waals surface area (Å²) in [5.74, 6) is 0.794. The molecule has 0 saturated heterocycles. The van der Waals surface area contributed by atoms with Crippen LogP contribution in [0.1, 0.15) is 30.3 Å². The molecule has 1 atom stereocenters. The Morgan fingerprint density at radius 2 is 1.83 bits per heavy atom. The van der Waals surface area contributed by atoms with Crippen LogP contribution in [0.2, 0.25) is 0 Å². The molecule has 1 heterocycles. The lowest BCUT2D eigenvalue weighted by Crippen LogP contribution is -2.27. The summed E-state index contributed by atoms with van der Waals surface area (Å²) in [7, 11) is 2.11. The van der Waals surface area contributed by atoms with Crippen LogP contribution in [0.5, 0.6) is 0 Å². The largest absolute Gasteiger partial charge is 0.441 e. The fraction of sp³-hybridized carbons (Fsp3) is 0.350. The third-order valence-corrected chi connectivity index (χ3v) is 4.36. The fourth-order valence-corrected chi connectivity index (χ4v) is 3.10. The SMILES string of the molecule is CN(CCCc1nc2ccccc2o1)C(CCO)c1ccccc1. The van der Waals surface area contributed by atoms with Crippen molar-refractivity contribution in [3.8, 4) is 0 Å². The molecular weight excluding hydrogens is 300 g/mol. The van der Waals surface area contributed by atoms with Gasteiger partial charge >= 0.3 is 0 Å². The topological polar surface area (TPSA) is 49.5 Å². The average molecular weight is 324 g/mol. The molecule has 4 nitrogen and oxygen atoms in total.